The van der Waals surface area contributed by atoms with E-state index < -0.39 is 0 Å². The predicted octanol–water partition coefficient (Wildman–Crippen LogP) is 2.56. The van der Waals surface area contributed by atoms with Gasteiger partial charge in [-0.2, -0.15) is 0 Å². The van der Waals surface area contributed by atoms with Crippen LogP contribution in [0.25, 0.3) is 0 Å². The van der Waals surface area contributed by atoms with E-state index in [1.165, 1.54) is 16.7 Å². The van der Waals surface area contributed by atoms with Crippen LogP contribution in [0.4, 0.5) is 0 Å². The second-order valence-electron chi connectivity index (χ2n) is 4.79. The maximum Gasteiger partial charge on any atom is 0.140 e. The highest BCUT2D eigenvalue weighted by atomic mass is 16.5. The molecule has 0 spiro atoms. The molecular formula is C14H17NO. The molecule has 1 aliphatic rings. The molecule has 1 aliphatic carbocycles. The van der Waals surface area contributed by atoms with Gasteiger partial charge in [0.05, 0.1) is 7.05 Å². The van der Waals surface area contributed by atoms with Gasteiger partial charge in [0.1, 0.15) is 12.6 Å². The Morgan fingerprint density at radius 1 is 1.56 bits per heavy atom. The lowest BCUT2D eigenvalue weighted by molar-refractivity contribution is -0.885. The van der Waals surface area contributed by atoms with Gasteiger partial charge in [-0.15, -0.1) is 6.42 Å². The van der Waals surface area contributed by atoms with Crippen molar-refractivity contribution in [2.24, 2.45) is 0 Å². The molecule has 1 aromatic carbocycles. The van der Waals surface area contributed by atoms with Crippen molar-refractivity contribution in [3.8, 4) is 12.3 Å². The molecule has 0 amide bonds. The van der Waals surface area contributed by atoms with E-state index in [0.717, 1.165) is 12.8 Å². The van der Waals surface area contributed by atoms with Crippen LogP contribution in [-0.4, -0.2) is 18.2 Å². The van der Waals surface area contributed by atoms with Crippen LogP contribution < -0.4 is 0 Å². The number of rotatable bonds is 2. The van der Waals surface area contributed by atoms with Gasteiger partial charge in [-0.25, -0.2) is 0 Å². The molecule has 0 aliphatic heterocycles. The molecule has 0 aromatic heterocycles. The molecule has 0 N–H and O–H groups in total. The summed E-state index contributed by atoms with van der Waals surface area (Å²) in [6, 6.07) is 6.37. The summed E-state index contributed by atoms with van der Waals surface area (Å²) < 4.78 is -0.341. The number of quaternary nitrogens is 1. The summed E-state index contributed by atoms with van der Waals surface area (Å²) in [7, 11) is 1.68. The molecule has 84 valence electrons. The largest absolute Gasteiger partial charge is 0.632 e. The van der Waals surface area contributed by atoms with Crippen LogP contribution in [0, 0.1) is 24.5 Å². The number of hydroxylamine groups is 3. The molecule has 2 atom stereocenters. The zero-order valence-corrected chi connectivity index (χ0v) is 9.86. The zero-order chi connectivity index (χ0) is 11.8. The van der Waals surface area contributed by atoms with Gasteiger partial charge in [0.25, 0.3) is 0 Å². The molecule has 16 heavy (non-hydrogen) atoms. The van der Waals surface area contributed by atoms with Crippen LogP contribution in [0.2, 0.25) is 0 Å². The summed E-state index contributed by atoms with van der Waals surface area (Å²) in [4.78, 5) is 0. The highest BCUT2D eigenvalue weighted by Crippen LogP contribution is 2.38. The normalized spacial score (nSPS) is 22.2. The van der Waals surface area contributed by atoms with Crippen LogP contribution in [0.5, 0.6) is 0 Å². The highest BCUT2D eigenvalue weighted by Gasteiger charge is 2.32. The number of benzene rings is 1. The lowest BCUT2D eigenvalue weighted by atomic mass is 10.0. The third-order valence-corrected chi connectivity index (χ3v) is 3.41. The molecule has 0 radical (unpaired) electrons. The van der Waals surface area contributed by atoms with Crippen molar-refractivity contribution in [2.75, 3.05) is 13.6 Å². The summed E-state index contributed by atoms with van der Waals surface area (Å²) in [5.74, 6) is 2.49. The summed E-state index contributed by atoms with van der Waals surface area (Å²) >= 11 is 0. The SMILES string of the molecule is C#CC[N+](C)([O-])C1CCc2cc(C)ccc21. The second kappa shape index (κ2) is 3.93. The first-order valence-electron chi connectivity index (χ1n) is 5.63. The van der Waals surface area contributed by atoms with Crippen molar-refractivity contribution in [2.45, 2.75) is 25.8 Å². The minimum Gasteiger partial charge on any atom is -0.632 e. The molecular weight excluding hydrogens is 198 g/mol. The Labute approximate surface area is 97.1 Å². The molecule has 0 saturated carbocycles. The fraction of sp³-hybridized carbons (Fsp3) is 0.429. The van der Waals surface area contributed by atoms with E-state index in [-0.39, 0.29) is 17.2 Å². The highest BCUT2D eigenvalue weighted by molar-refractivity contribution is 5.36. The van der Waals surface area contributed by atoms with Crippen LogP contribution in [0.15, 0.2) is 18.2 Å². The van der Waals surface area contributed by atoms with Crippen molar-refractivity contribution in [1.82, 2.24) is 0 Å². The van der Waals surface area contributed by atoms with E-state index in [2.05, 4.69) is 31.0 Å². The number of hydrogen-bond acceptors (Lipinski definition) is 1. The predicted molar refractivity (Wildman–Crippen MR) is 65.5 cm³/mol. The van der Waals surface area contributed by atoms with E-state index >= 15 is 0 Å². The number of hydrogen-bond donors (Lipinski definition) is 0. The van der Waals surface area contributed by atoms with Gasteiger partial charge in [-0.05, 0) is 24.8 Å². The maximum absolute atomic E-state index is 12.3. The van der Waals surface area contributed by atoms with E-state index in [4.69, 9.17) is 6.42 Å². The Morgan fingerprint density at radius 3 is 3.00 bits per heavy atom. The van der Waals surface area contributed by atoms with Crippen LogP contribution in [-0.2, 0) is 6.42 Å². The van der Waals surface area contributed by atoms with Gasteiger partial charge in [0.15, 0.2) is 0 Å². The fourth-order valence-electron chi connectivity index (χ4n) is 2.58. The molecule has 2 nitrogen and oxygen atoms in total. The molecule has 0 fully saturated rings. The van der Waals surface area contributed by atoms with Crippen LogP contribution >= 0.6 is 0 Å². The van der Waals surface area contributed by atoms with Crippen LogP contribution in [0.1, 0.15) is 29.2 Å². The third kappa shape index (κ3) is 1.84. The standard InChI is InChI=1S/C14H17NO/c1-4-9-15(3,16)14-8-6-12-10-11(2)5-7-13(12)14/h1,5,7,10,14H,6,8-9H2,2-3H3. The number of terminal acetylenes is 1. The minimum atomic E-state index is -0.341. The first-order chi connectivity index (χ1) is 7.54. The second-order valence-corrected chi connectivity index (χ2v) is 4.79. The Bertz CT molecular complexity index is 443. The molecule has 0 bridgehead atoms. The summed E-state index contributed by atoms with van der Waals surface area (Å²) in [5.41, 5.74) is 3.78. The fourth-order valence-corrected chi connectivity index (χ4v) is 2.58. The number of aryl methyl sites for hydroxylation is 2. The average molecular weight is 215 g/mol. The first kappa shape index (κ1) is 11.2. The smallest absolute Gasteiger partial charge is 0.140 e. The number of nitrogens with zero attached hydrogens (tertiary/aromatic N) is 1. The van der Waals surface area contributed by atoms with Crippen LogP contribution in [0.3, 0.4) is 0 Å². The lowest BCUT2D eigenvalue weighted by Crippen LogP contribution is -2.40. The van der Waals surface area contributed by atoms with Crippen molar-refractivity contribution in [3.63, 3.8) is 0 Å². The van der Waals surface area contributed by atoms with E-state index in [0.29, 0.717) is 0 Å². The van der Waals surface area contributed by atoms with Crippen molar-refractivity contribution >= 4 is 0 Å². The van der Waals surface area contributed by atoms with Gasteiger partial charge in [0.2, 0.25) is 0 Å². The van der Waals surface area contributed by atoms with Gasteiger partial charge in [0, 0.05) is 12.0 Å². The molecule has 2 heteroatoms. The van der Waals surface area contributed by atoms with Crippen molar-refractivity contribution in [1.29, 1.82) is 0 Å². The summed E-state index contributed by atoms with van der Waals surface area (Å²) in [6.45, 7) is 2.33. The lowest BCUT2D eigenvalue weighted by Gasteiger charge is -2.42. The van der Waals surface area contributed by atoms with E-state index in [1.807, 2.05) is 0 Å². The molecule has 0 heterocycles. The topological polar surface area (TPSA) is 23.1 Å². The molecule has 0 saturated heterocycles. The minimum absolute atomic E-state index is 0.0200. The monoisotopic (exact) mass is 215 g/mol. The quantitative estimate of drug-likeness (QED) is 0.422. The molecule has 1 aromatic rings. The first-order valence-corrected chi connectivity index (χ1v) is 5.63. The van der Waals surface area contributed by atoms with Gasteiger partial charge >= 0.3 is 0 Å². The van der Waals surface area contributed by atoms with Gasteiger partial charge in [-0.3, -0.25) is 0 Å². The molecule has 2 unspecified atom stereocenters. The Balaban J connectivity index is 2.34. The third-order valence-electron chi connectivity index (χ3n) is 3.41. The number of fused-ring (bicyclic) bond motifs is 1. The average Bonchev–Trinajstić information content (AvgIpc) is 2.60. The Morgan fingerprint density at radius 2 is 2.31 bits per heavy atom. The molecule has 2 rings (SSSR count). The summed E-state index contributed by atoms with van der Waals surface area (Å²) in [6.07, 6.45) is 7.18. The zero-order valence-electron chi connectivity index (χ0n) is 9.86. The Hall–Kier alpha value is -1.30. The van der Waals surface area contributed by atoms with Gasteiger partial charge in [-0.1, -0.05) is 23.8 Å². The van der Waals surface area contributed by atoms with E-state index in [1.54, 1.807) is 7.05 Å². The van der Waals surface area contributed by atoms with E-state index in [9.17, 15) is 5.21 Å². The van der Waals surface area contributed by atoms with Crippen molar-refractivity contribution < 1.29 is 4.65 Å². The Kier molecular flexibility index (Phi) is 2.75. The summed E-state index contributed by atoms with van der Waals surface area (Å²) in [5, 5.41) is 12.3. The maximum atomic E-state index is 12.3. The van der Waals surface area contributed by atoms with Crippen molar-refractivity contribution in [3.05, 3.63) is 40.1 Å². The van der Waals surface area contributed by atoms with Gasteiger partial charge < -0.3 is 9.85 Å².